The van der Waals surface area contributed by atoms with E-state index in [0.29, 0.717) is 45.3 Å². The number of halogens is 1. The lowest BCUT2D eigenvalue weighted by Gasteiger charge is -2.32. The van der Waals surface area contributed by atoms with Gasteiger partial charge in [-0.15, -0.1) is 0 Å². The fraction of sp³-hybridized carbons (Fsp3) is 0.182. The molecule has 1 aliphatic rings. The molecule has 2 aromatic carbocycles. The molecule has 3 aromatic rings. The number of nitrogens with one attached hydrogen (secondary N) is 1. The lowest BCUT2D eigenvalue weighted by Crippen LogP contribution is -2.47. The zero-order chi connectivity index (χ0) is 22.1. The molecule has 3 amide bonds. The average Bonchev–Trinajstić information content (AvgIpc) is 3.12. The van der Waals surface area contributed by atoms with Crippen LogP contribution in [0.15, 0.2) is 48.5 Å². The molecule has 1 unspecified atom stereocenters. The smallest absolute Gasteiger partial charge is 0.315 e. The van der Waals surface area contributed by atoms with Crippen LogP contribution in [0, 0.1) is 11.3 Å². The molecule has 9 heteroatoms. The third-order valence-electron chi connectivity index (χ3n) is 5.23. The number of urea groups is 1. The van der Waals surface area contributed by atoms with Gasteiger partial charge in [0.1, 0.15) is 5.69 Å². The van der Waals surface area contributed by atoms with Crippen molar-refractivity contribution in [3.63, 3.8) is 0 Å². The molecule has 8 nitrogen and oxygen atoms in total. The number of nitrogens with two attached hydrogens (primary N) is 1. The summed E-state index contributed by atoms with van der Waals surface area (Å²) in [4.78, 5) is 26.8. The first-order chi connectivity index (χ1) is 14.9. The highest BCUT2D eigenvalue weighted by molar-refractivity contribution is 6.30. The zero-order valence-corrected chi connectivity index (χ0v) is 17.4. The molecule has 1 atom stereocenters. The number of amides is 3. The van der Waals surface area contributed by atoms with E-state index in [2.05, 4.69) is 10.4 Å². The number of carbonyl (C=O) groups excluding carboxylic acids is 2. The van der Waals surface area contributed by atoms with E-state index < -0.39 is 6.03 Å². The second-order valence-electron chi connectivity index (χ2n) is 7.32. The molecule has 3 N–H and O–H groups in total. The van der Waals surface area contributed by atoms with E-state index in [4.69, 9.17) is 22.6 Å². The predicted octanol–water partition coefficient (Wildman–Crippen LogP) is 3.61. The molecule has 1 aromatic heterocycles. The van der Waals surface area contributed by atoms with Gasteiger partial charge < -0.3 is 16.0 Å². The Morgan fingerprint density at radius 1 is 1.26 bits per heavy atom. The number of nitrogens with zero attached hydrogens (tertiary/aromatic N) is 4. The highest BCUT2D eigenvalue weighted by Crippen LogP contribution is 2.31. The number of hydrogen-bond acceptors (Lipinski definition) is 4. The van der Waals surface area contributed by atoms with Gasteiger partial charge in [-0.3, -0.25) is 9.48 Å². The van der Waals surface area contributed by atoms with Crippen LogP contribution < -0.4 is 11.1 Å². The Labute approximate surface area is 183 Å². The molecule has 0 bridgehead atoms. The fourth-order valence-electron chi connectivity index (χ4n) is 3.67. The van der Waals surface area contributed by atoms with Gasteiger partial charge in [-0.2, -0.15) is 10.4 Å². The van der Waals surface area contributed by atoms with Gasteiger partial charge >= 0.3 is 6.03 Å². The molecule has 0 fully saturated rings. The van der Waals surface area contributed by atoms with Gasteiger partial charge in [-0.1, -0.05) is 23.7 Å². The van der Waals surface area contributed by atoms with Crippen LogP contribution >= 0.6 is 11.6 Å². The molecular formula is C22H19ClN6O2. The van der Waals surface area contributed by atoms with Crippen LogP contribution in [0.1, 0.15) is 28.5 Å². The minimum atomic E-state index is -0.553. The fourth-order valence-corrected chi connectivity index (χ4v) is 3.86. The van der Waals surface area contributed by atoms with Crippen LogP contribution in [0.2, 0.25) is 5.02 Å². The number of fused-ring (bicyclic) bond motifs is 1. The monoisotopic (exact) mass is 434 g/mol. The molecule has 31 heavy (non-hydrogen) atoms. The van der Waals surface area contributed by atoms with Crippen molar-refractivity contribution >= 4 is 29.2 Å². The summed E-state index contributed by atoms with van der Waals surface area (Å²) in [6.07, 6.45) is 0. The van der Waals surface area contributed by atoms with Gasteiger partial charge in [-0.25, -0.2) is 4.79 Å². The first-order valence-corrected chi connectivity index (χ1v) is 9.98. The van der Waals surface area contributed by atoms with Gasteiger partial charge in [0.2, 0.25) is 0 Å². The largest absolute Gasteiger partial charge is 0.351 e. The quantitative estimate of drug-likeness (QED) is 0.654. The molecule has 0 aliphatic carbocycles. The van der Waals surface area contributed by atoms with Gasteiger partial charge in [0.15, 0.2) is 0 Å². The summed E-state index contributed by atoms with van der Waals surface area (Å²) in [5, 5.41) is 17.0. The van der Waals surface area contributed by atoms with Crippen molar-refractivity contribution in [3.8, 4) is 17.3 Å². The van der Waals surface area contributed by atoms with Crippen molar-refractivity contribution in [1.82, 2.24) is 14.7 Å². The van der Waals surface area contributed by atoms with Crippen molar-refractivity contribution < 1.29 is 9.59 Å². The summed E-state index contributed by atoms with van der Waals surface area (Å²) in [5.41, 5.74) is 8.69. The Hall–Kier alpha value is -3.83. The minimum absolute atomic E-state index is 0.161. The Morgan fingerprint density at radius 2 is 2.00 bits per heavy atom. The van der Waals surface area contributed by atoms with E-state index in [9.17, 15) is 9.59 Å². The van der Waals surface area contributed by atoms with Crippen molar-refractivity contribution in [2.45, 2.75) is 26.1 Å². The lowest BCUT2D eigenvalue weighted by molar-refractivity contribution is 0.102. The number of aromatic nitrogens is 2. The van der Waals surface area contributed by atoms with Crippen molar-refractivity contribution in [3.05, 3.63) is 70.4 Å². The molecular weight excluding hydrogens is 416 g/mol. The molecule has 0 saturated heterocycles. The van der Waals surface area contributed by atoms with Crippen molar-refractivity contribution in [2.75, 3.05) is 5.32 Å². The topological polar surface area (TPSA) is 117 Å². The maximum Gasteiger partial charge on any atom is 0.315 e. The summed E-state index contributed by atoms with van der Waals surface area (Å²) in [5.74, 6) is -0.375. The van der Waals surface area contributed by atoms with Crippen LogP contribution in [0.3, 0.4) is 0 Å². The van der Waals surface area contributed by atoms with E-state index in [-0.39, 0.29) is 18.5 Å². The Balaban J connectivity index is 1.79. The number of primary amides is 1. The van der Waals surface area contributed by atoms with Gasteiger partial charge in [-0.05, 0) is 43.3 Å². The number of carbonyl (C=O) groups is 2. The van der Waals surface area contributed by atoms with Crippen LogP contribution in [0.5, 0.6) is 0 Å². The molecule has 0 radical (unpaired) electrons. The van der Waals surface area contributed by atoms with E-state index in [1.807, 2.05) is 19.1 Å². The predicted molar refractivity (Wildman–Crippen MR) is 116 cm³/mol. The normalized spacial score (nSPS) is 15.1. The van der Waals surface area contributed by atoms with E-state index >= 15 is 0 Å². The Morgan fingerprint density at radius 3 is 2.65 bits per heavy atom. The third-order valence-corrected chi connectivity index (χ3v) is 5.46. The van der Waals surface area contributed by atoms with E-state index in [1.165, 1.54) is 4.90 Å². The van der Waals surface area contributed by atoms with E-state index in [1.54, 1.807) is 47.1 Å². The minimum Gasteiger partial charge on any atom is -0.351 e. The summed E-state index contributed by atoms with van der Waals surface area (Å²) < 4.78 is 1.74. The molecule has 0 spiro atoms. The summed E-state index contributed by atoms with van der Waals surface area (Å²) in [6.45, 7) is 2.46. The maximum atomic E-state index is 13.3. The number of anilines is 1. The SMILES string of the molecule is CC1Cn2nc(-c3cccc(Cl)c3)c(C(=O)Nc3ccc(C#N)cc3)c2CN1C(N)=O. The number of rotatable bonds is 3. The van der Waals surface area contributed by atoms with E-state index in [0.717, 1.165) is 0 Å². The van der Waals surface area contributed by atoms with Crippen LogP contribution in [-0.2, 0) is 13.1 Å². The molecule has 2 heterocycles. The van der Waals surface area contributed by atoms with Gasteiger partial charge in [0.05, 0.1) is 42.0 Å². The second-order valence-corrected chi connectivity index (χ2v) is 7.76. The third kappa shape index (κ3) is 3.96. The van der Waals surface area contributed by atoms with Crippen molar-refractivity contribution in [1.29, 1.82) is 5.26 Å². The number of benzene rings is 2. The molecule has 1 aliphatic heterocycles. The van der Waals surface area contributed by atoms with Crippen LogP contribution in [-0.4, -0.2) is 32.7 Å². The Kier molecular flexibility index (Phi) is 5.36. The van der Waals surface area contributed by atoms with Crippen molar-refractivity contribution in [2.24, 2.45) is 5.73 Å². The highest BCUT2D eigenvalue weighted by atomic mass is 35.5. The number of nitriles is 1. The molecule has 156 valence electrons. The first-order valence-electron chi connectivity index (χ1n) is 9.60. The highest BCUT2D eigenvalue weighted by Gasteiger charge is 2.33. The van der Waals surface area contributed by atoms with Crippen LogP contribution in [0.4, 0.5) is 10.5 Å². The maximum absolute atomic E-state index is 13.3. The first kappa shape index (κ1) is 20.4. The average molecular weight is 435 g/mol. The molecule has 4 rings (SSSR count). The summed E-state index contributed by atoms with van der Waals surface area (Å²) >= 11 is 6.17. The number of hydrogen-bond donors (Lipinski definition) is 2. The zero-order valence-electron chi connectivity index (χ0n) is 16.7. The van der Waals surface area contributed by atoms with Gasteiger partial charge in [0, 0.05) is 16.3 Å². The van der Waals surface area contributed by atoms with Crippen LogP contribution in [0.25, 0.3) is 11.3 Å². The lowest BCUT2D eigenvalue weighted by atomic mass is 10.0. The van der Waals surface area contributed by atoms with Gasteiger partial charge in [0.25, 0.3) is 5.91 Å². The summed E-state index contributed by atoms with van der Waals surface area (Å²) in [7, 11) is 0. The second kappa shape index (κ2) is 8.13. The molecule has 0 saturated carbocycles. The Bertz CT molecular complexity index is 1210. The summed E-state index contributed by atoms with van der Waals surface area (Å²) in [6, 6.07) is 15.0. The standard InChI is InChI=1S/C22H19ClN6O2/c1-13-11-29-18(12-28(13)22(25)31)19(20(27-29)15-3-2-4-16(23)9-15)21(30)26-17-7-5-14(10-24)6-8-17/h2-9,13H,11-12H2,1H3,(H2,25,31)(H,26,30).